The van der Waals surface area contributed by atoms with Crippen molar-refractivity contribution in [1.82, 2.24) is 51.7 Å². The summed E-state index contributed by atoms with van der Waals surface area (Å²) in [6.07, 6.45) is 4.63. The number of nitrogens with one attached hydrogen (secondary N) is 7. The average molecular weight is 1090 g/mol. The number of nitrogens with zero attached hydrogens (tertiary/aromatic N) is 3. The Morgan fingerprint density at radius 3 is 2.06 bits per heavy atom. The van der Waals surface area contributed by atoms with Crippen LogP contribution in [0.5, 0.6) is 0 Å². The normalized spacial score (nSPS) is 12.7. The smallest absolute Gasteiger partial charge is 0.243 e. The zero-order chi connectivity index (χ0) is 56.7. The Morgan fingerprint density at radius 1 is 0.740 bits per heavy atom. The molecule has 2 heterocycles. The van der Waals surface area contributed by atoms with E-state index in [0.29, 0.717) is 23.4 Å². The molecule has 0 bridgehead atoms. The lowest BCUT2D eigenvalue weighted by Crippen LogP contribution is -2.56. The molecular weight excluding hydrogens is 1020 g/mol. The number of hydrogen-bond acceptors (Lipinski definition) is 11. The highest BCUT2D eigenvalue weighted by molar-refractivity contribution is 7.99. The highest BCUT2D eigenvalue weighted by Crippen LogP contribution is 2.41. The molecule has 0 aliphatic carbocycles. The molecule has 4 atom stereocenters. The van der Waals surface area contributed by atoms with Gasteiger partial charge in [-0.1, -0.05) is 58.0 Å². The van der Waals surface area contributed by atoms with E-state index >= 15 is 4.39 Å². The number of benzene rings is 2. The summed E-state index contributed by atoms with van der Waals surface area (Å²) >= 11 is 1.22. The first-order valence-electron chi connectivity index (χ1n) is 25.3. The maximum absolute atomic E-state index is 15.4. The molecule has 4 aromatic rings. The van der Waals surface area contributed by atoms with Crippen molar-refractivity contribution in [1.29, 1.82) is 0 Å². The minimum atomic E-state index is -1.45. The second-order valence-electron chi connectivity index (χ2n) is 19.3. The van der Waals surface area contributed by atoms with Crippen LogP contribution in [0.4, 0.5) is 8.78 Å². The third-order valence-electron chi connectivity index (χ3n) is 11.9. The minimum absolute atomic E-state index is 0.00636. The van der Waals surface area contributed by atoms with E-state index in [-0.39, 0.29) is 93.2 Å². The minimum Gasteiger partial charge on any atom is -0.370 e. The first-order chi connectivity index (χ1) is 36.6. The molecule has 0 saturated carbocycles. The van der Waals surface area contributed by atoms with Crippen LogP contribution >= 0.6 is 11.8 Å². The van der Waals surface area contributed by atoms with E-state index in [1.165, 1.54) is 38.0 Å². The Hall–Kier alpha value is -7.69. The van der Waals surface area contributed by atoms with Gasteiger partial charge in [0.2, 0.25) is 53.2 Å². The summed E-state index contributed by atoms with van der Waals surface area (Å²) < 4.78 is 32.0. The molecule has 0 saturated heterocycles. The topological polar surface area (TPSA) is 285 Å². The number of rotatable bonds is 30. The number of carbonyl (C=O) groups is 9. The summed E-state index contributed by atoms with van der Waals surface area (Å²) in [6.45, 7) is 10.7. The molecule has 23 heteroatoms. The molecule has 0 unspecified atom stereocenters. The lowest BCUT2D eigenvalue weighted by molar-refractivity contribution is -0.134. The first-order valence-corrected chi connectivity index (χ1v) is 26.4. The predicted octanol–water partition coefficient (Wildman–Crippen LogP) is 2.79. The van der Waals surface area contributed by atoms with E-state index in [2.05, 4.69) is 42.2 Å². The standard InChI is InChI=1S/C54H71F2N11O9S/c1-7-45(69)62-30-48(72)60-23-22-59-46(70)18-25-77-33-49(73)67(50(54(4,5)6)43-27-38(40-28-39(55)14-15-41(40)56)32-66(43)31-37-12-9-8-10-13-37)24-11-19-61-53(76)42(29-44(57)68)65-52(75)35(3)64-51(74)34(2)63-47(71)26-36-16-20-58-21-17-36/h8-10,12-17,20-21,27-28,32,34-35,42,50H,7,11,18-19,22-26,29-31,33H2,1-6H3,(H2,57,68)(H,59,70)(H,60,72)(H,61,76)(H,62,69)(H,63,71)(H,64,74)(H,65,75)/t34-,35+,42-,50-/m0/s1. The average Bonchev–Trinajstić information content (AvgIpc) is 3.84. The van der Waals surface area contributed by atoms with Crippen molar-refractivity contribution in [2.24, 2.45) is 11.1 Å². The van der Waals surface area contributed by atoms with E-state index in [0.717, 1.165) is 23.8 Å². The van der Waals surface area contributed by atoms with Crippen molar-refractivity contribution in [2.75, 3.05) is 44.2 Å². The molecule has 9 amide bonds. The number of hydrogen-bond donors (Lipinski definition) is 8. The number of primary amides is 1. The van der Waals surface area contributed by atoms with Gasteiger partial charge in [0.15, 0.2) is 0 Å². The van der Waals surface area contributed by atoms with Gasteiger partial charge in [-0.15, -0.1) is 0 Å². The molecule has 4 rings (SSSR count). The van der Waals surface area contributed by atoms with Crippen LogP contribution < -0.4 is 43.0 Å². The van der Waals surface area contributed by atoms with Crippen LogP contribution in [0.3, 0.4) is 0 Å². The molecule has 0 radical (unpaired) electrons. The zero-order valence-corrected chi connectivity index (χ0v) is 45.2. The lowest BCUT2D eigenvalue weighted by Gasteiger charge is -2.41. The molecule has 77 heavy (non-hydrogen) atoms. The Bertz CT molecular complexity index is 2670. The molecule has 2 aromatic heterocycles. The van der Waals surface area contributed by atoms with Crippen LogP contribution in [0.25, 0.3) is 11.1 Å². The van der Waals surface area contributed by atoms with Gasteiger partial charge in [0.25, 0.3) is 0 Å². The number of aromatic nitrogens is 2. The third kappa shape index (κ3) is 21.1. The maximum Gasteiger partial charge on any atom is 0.243 e. The number of amides is 9. The first kappa shape index (κ1) is 61.9. The third-order valence-corrected chi connectivity index (χ3v) is 12.8. The number of pyridine rings is 1. The van der Waals surface area contributed by atoms with Crippen molar-refractivity contribution in [3.8, 4) is 11.1 Å². The second-order valence-corrected chi connectivity index (χ2v) is 20.4. The summed E-state index contributed by atoms with van der Waals surface area (Å²) in [5.74, 6) is -6.03. The molecular formula is C54H71F2N11O9S. The molecule has 0 fully saturated rings. The molecule has 0 aliphatic heterocycles. The van der Waals surface area contributed by atoms with Crippen LogP contribution in [-0.4, -0.2) is 130 Å². The Kier molecular flexibility index (Phi) is 24.7. The van der Waals surface area contributed by atoms with Gasteiger partial charge in [-0.2, -0.15) is 11.8 Å². The van der Waals surface area contributed by atoms with Gasteiger partial charge in [0.1, 0.15) is 29.8 Å². The predicted molar refractivity (Wildman–Crippen MR) is 287 cm³/mol. The van der Waals surface area contributed by atoms with E-state index in [9.17, 15) is 47.5 Å². The van der Waals surface area contributed by atoms with Crippen molar-refractivity contribution in [3.63, 3.8) is 0 Å². The van der Waals surface area contributed by atoms with Gasteiger partial charge in [-0.3, -0.25) is 48.1 Å². The zero-order valence-electron chi connectivity index (χ0n) is 44.3. The van der Waals surface area contributed by atoms with Gasteiger partial charge in [0, 0.05) is 86.7 Å². The summed E-state index contributed by atoms with van der Waals surface area (Å²) in [5, 5.41) is 18.0. The molecule has 9 N–H and O–H groups in total. The van der Waals surface area contributed by atoms with E-state index in [4.69, 9.17) is 5.73 Å². The fraction of sp³-hybridized carbons (Fsp3) is 0.444. The molecule has 0 spiro atoms. The summed E-state index contributed by atoms with van der Waals surface area (Å²) in [7, 11) is 0. The van der Waals surface area contributed by atoms with Crippen molar-refractivity contribution in [3.05, 3.63) is 114 Å². The summed E-state index contributed by atoms with van der Waals surface area (Å²) in [5.41, 5.74) is 7.35. The van der Waals surface area contributed by atoms with Crippen LogP contribution in [0.1, 0.15) is 90.1 Å². The summed E-state index contributed by atoms with van der Waals surface area (Å²) in [4.78, 5) is 121. The van der Waals surface area contributed by atoms with Crippen LogP contribution in [0.2, 0.25) is 0 Å². The SMILES string of the molecule is CCC(=O)NCC(=O)NCCNC(=O)CCSCC(=O)N(CCCNC(=O)[C@H](CC(N)=O)NC(=O)[C@@H](C)NC(=O)[C@H](C)NC(=O)Cc1ccncc1)[C@@H](c1cc(-c2cc(F)ccc2F)cn1Cc1ccccc1)C(C)(C)C. The number of thioether (sulfide) groups is 1. The Morgan fingerprint density at radius 2 is 1.40 bits per heavy atom. The summed E-state index contributed by atoms with van der Waals surface area (Å²) in [6, 6.07) is 13.3. The fourth-order valence-corrected chi connectivity index (χ4v) is 8.83. The Labute approximate surface area is 451 Å². The van der Waals surface area contributed by atoms with E-state index in [1.807, 2.05) is 55.7 Å². The van der Waals surface area contributed by atoms with Crippen molar-refractivity contribution < 1.29 is 51.9 Å². The molecule has 2 aromatic carbocycles. The highest BCUT2D eigenvalue weighted by atomic mass is 32.2. The van der Waals surface area contributed by atoms with Gasteiger partial charge in [0.05, 0.1) is 31.2 Å². The molecule has 0 aliphatic rings. The number of nitrogens with two attached hydrogens (primary N) is 1. The van der Waals surface area contributed by atoms with Gasteiger partial charge in [-0.25, -0.2) is 8.78 Å². The van der Waals surface area contributed by atoms with Gasteiger partial charge in [-0.05, 0) is 73.2 Å². The van der Waals surface area contributed by atoms with Crippen LogP contribution in [0.15, 0.2) is 85.3 Å². The van der Waals surface area contributed by atoms with Crippen molar-refractivity contribution in [2.45, 2.75) is 104 Å². The van der Waals surface area contributed by atoms with E-state index in [1.54, 1.807) is 36.2 Å². The molecule has 416 valence electrons. The van der Waals surface area contributed by atoms with Gasteiger partial charge >= 0.3 is 0 Å². The highest BCUT2D eigenvalue weighted by Gasteiger charge is 2.37. The monoisotopic (exact) mass is 1090 g/mol. The van der Waals surface area contributed by atoms with E-state index < -0.39 is 83.1 Å². The maximum atomic E-state index is 15.4. The molecule has 20 nitrogen and oxygen atoms in total. The fourth-order valence-electron chi connectivity index (χ4n) is 8.01. The lowest BCUT2D eigenvalue weighted by atomic mass is 9.83. The van der Waals surface area contributed by atoms with Crippen LogP contribution in [-0.2, 0) is 56.1 Å². The quantitative estimate of drug-likeness (QED) is 0.0352. The second kappa shape index (κ2) is 30.8. The number of carbonyl (C=O) groups excluding carboxylic acids is 9. The Balaban J connectivity index is 1.50. The van der Waals surface area contributed by atoms with Crippen LogP contribution in [0, 0.1) is 17.0 Å². The van der Waals surface area contributed by atoms with Crippen molar-refractivity contribution >= 4 is 64.9 Å². The largest absolute Gasteiger partial charge is 0.370 e. The number of halogens is 2. The van der Waals surface area contributed by atoms with Gasteiger partial charge < -0.3 is 52.4 Å².